The number of aliphatic hydroxyl groups is 1. The van der Waals surface area contributed by atoms with Crippen molar-refractivity contribution in [3.8, 4) is 11.1 Å². The third-order valence-corrected chi connectivity index (χ3v) is 7.88. The van der Waals surface area contributed by atoms with Crippen molar-refractivity contribution >= 4 is 17.4 Å². The van der Waals surface area contributed by atoms with E-state index in [2.05, 4.69) is 35.1 Å². The van der Waals surface area contributed by atoms with E-state index >= 15 is 0 Å². The fourth-order valence-corrected chi connectivity index (χ4v) is 5.94. The molecule has 0 radical (unpaired) electrons. The first-order valence-corrected chi connectivity index (χ1v) is 12.9. The molecule has 8 heteroatoms. The normalized spacial score (nSPS) is 20.0. The maximum absolute atomic E-state index is 13.9. The van der Waals surface area contributed by atoms with E-state index in [1.807, 2.05) is 18.2 Å². The lowest BCUT2D eigenvalue weighted by Crippen LogP contribution is -2.36. The van der Waals surface area contributed by atoms with Gasteiger partial charge in [-0.15, -0.1) is 0 Å². The highest BCUT2D eigenvalue weighted by atomic mass is 16.3. The molecular weight excluding hydrogens is 468 g/mol. The summed E-state index contributed by atoms with van der Waals surface area (Å²) in [5.41, 5.74) is 5.81. The van der Waals surface area contributed by atoms with Gasteiger partial charge >= 0.3 is 0 Å². The number of benzene rings is 1. The van der Waals surface area contributed by atoms with Crippen molar-refractivity contribution in [1.29, 1.82) is 0 Å². The summed E-state index contributed by atoms with van der Waals surface area (Å²) in [4.78, 5) is 38.9. The molecule has 0 spiro atoms. The van der Waals surface area contributed by atoms with Crippen LogP contribution in [0.4, 0.5) is 5.69 Å². The second-order valence-electron chi connectivity index (χ2n) is 11.5. The van der Waals surface area contributed by atoms with E-state index in [0.717, 1.165) is 48.2 Å². The summed E-state index contributed by atoms with van der Waals surface area (Å²) in [6, 6.07) is 8.85. The molecule has 1 aliphatic carbocycles. The molecule has 3 aromatic rings. The number of nitrogens with one attached hydrogen (secondary N) is 2. The van der Waals surface area contributed by atoms with Gasteiger partial charge in [-0.2, -0.15) is 0 Å². The van der Waals surface area contributed by atoms with Gasteiger partial charge in [0, 0.05) is 43.5 Å². The van der Waals surface area contributed by atoms with Crippen LogP contribution in [-0.4, -0.2) is 25.9 Å². The monoisotopic (exact) mass is 500 g/mol. The third kappa shape index (κ3) is 4.04. The van der Waals surface area contributed by atoms with Crippen LogP contribution in [0.3, 0.4) is 0 Å². The summed E-state index contributed by atoms with van der Waals surface area (Å²) in [5, 5.41) is 16.7. The van der Waals surface area contributed by atoms with Gasteiger partial charge in [-0.25, -0.2) is 0 Å². The fourth-order valence-electron chi connectivity index (χ4n) is 5.94. The van der Waals surface area contributed by atoms with Crippen LogP contribution in [0, 0.1) is 11.3 Å². The molecule has 3 aliphatic rings. The molecule has 2 aliphatic heterocycles. The molecule has 1 unspecified atom stereocenters. The zero-order valence-electron chi connectivity index (χ0n) is 21.4. The second kappa shape index (κ2) is 8.53. The number of fused-ring (bicyclic) bond motifs is 3. The number of carbonyl (C=O) groups is 2. The second-order valence-corrected chi connectivity index (χ2v) is 11.5. The van der Waals surface area contributed by atoms with Gasteiger partial charge in [-0.1, -0.05) is 32.0 Å². The predicted octanol–water partition coefficient (Wildman–Crippen LogP) is 3.30. The molecule has 1 aromatic carbocycles. The van der Waals surface area contributed by atoms with E-state index < -0.39 is 6.04 Å². The summed E-state index contributed by atoms with van der Waals surface area (Å²) < 4.78 is 3.61. The van der Waals surface area contributed by atoms with Crippen molar-refractivity contribution in [2.45, 2.75) is 58.8 Å². The van der Waals surface area contributed by atoms with Crippen LogP contribution in [-0.2, 0) is 38.0 Å². The molecule has 1 fully saturated rings. The average molecular weight is 501 g/mol. The number of Topliss-reactive ketones (excluding diaryl/α,β-unsaturated/α-hetero) is 1. The molecule has 192 valence electrons. The molecule has 0 saturated heterocycles. The van der Waals surface area contributed by atoms with Crippen LogP contribution >= 0.6 is 0 Å². The fraction of sp³-hybridized carbons (Fsp3) is 0.414. The highest BCUT2D eigenvalue weighted by Crippen LogP contribution is 2.39. The van der Waals surface area contributed by atoms with Gasteiger partial charge in [-0.3, -0.25) is 19.7 Å². The number of pyridine rings is 1. The van der Waals surface area contributed by atoms with E-state index in [1.54, 1.807) is 19.3 Å². The number of hydrogen-bond acceptors (Lipinski definition) is 5. The van der Waals surface area contributed by atoms with Gasteiger partial charge < -0.3 is 19.6 Å². The molecule has 2 aromatic heterocycles. The van der Waals surface area contributed by atoms with Crippen molar-refractivity contribution in [2.75, 3.05) is 5.32 Å². The molecule has 1 amide bonds. The van der Waals surface area contributed by atoms with Gasteiger partial charge in [0.2, 0.25) is 11.7 Å². The zero-order chi connectivity index (χ0) is 26.1. The quantitative estimate of drug-likeness (QED) is 0.499. The Balaban J connectivity index is 1.39. The van der Waals surface area contributed by atoms with Gasteiger partial charge in [-0.05, 0) is 59.1 Å². The van der Waals surface area contributed by atoms with Gasteiger partial charge in [0.15, 0.2) is 0 Å². The minimum absolute atomic E-state index is 0.00916. The smallest absolute Gasteiger partial charge is 0.274 e. The van der Waals surface area contributed by atoms with E-state index in [9.17, 15) is 19.5 Å². The number of nitrogens with zero attached hydrogens (tertiary/aromatic N) is 2. The lowest BCUT2D eigenvalue weighted by atomic mass is 9.87. The Hall–Kier alpha value is -3.49. The maximum atomic E-state index is 13.9. The van der Waals surface area contributed by atoms with Crippen molar-refractivity contribution in [2.24, 2.45) is 18.4 Å². The zero-order valence-corrected chi connectivity index (χ0v) is 21.4. The summed E-state index contributed by atoms with van der Waals surface area (Å²) in [5.74, 6) is -0.157. The SMILES string of the molecule is Cn1cc(-c2cccc(C3NCc4cc5n(c4C3=O)CC(C)(C)C5)c2CO)cc(NC(=O)C2CC2)c1=O. The van der Waals surface area contributed by atoms with Crippen LogP contribution in [0.15, 0.2) is 41.3 Å². The van der Waals surface area contributed by atoms with Gasteiger partial charge in [0.25, 0.3) is 5.56 Å². The molecule has 0 bridgehead atoms. The number of ketones is 1. The summed E-state index contributed by atoms with van der Waals surface area (Å²) in [7, 11) is 1.64. The molecule has 3 N–H and O–H groups in total. The van der Waals surface area contributed by atoms with Crippen LogP contribution < -0.4 is 16.2 Å². The van der Waals surface area contributed by atoms with Gasteiger partial charge in [0.05, 0.1) is 18.3 Å². The Bertz CT molecular complexity index is 1510. The van der Waals surface area contributed by atoms with Crippen molar-refractivity contribution in [3.63, 3.8) is 0 Å². The molecule has 1 saturated carbocycles. The predicted molar refractivity (Wildman–Crippen MR) is 140 cm³/mol. The first kappa shape index (κ1) is 23.9. The van der Waals surface area contributed by atoms with Crippen molar-refractivity contribution in [3.05, 3.63) is 75.0 Å². The van der Waals surface area contributed by atoms with E-state index in [-0.39, 0.29) is 40.9 Å². The van der Waals surface area contributed by atoms with E-state index in [4.69, 9.17) is 0 Å². The third-order valence-electron chi connectivity index (χ3n) is 7.88. The van der Waals surface area contributed by atoms with Crippen LogP contribution in [0.2, 0.25) is 0 Å². The summed E-state index contributed by atoms with van der Waals surface area (Å²) >= 11 is 0. The number of aromatic nitrogens is 2. The summed E-state index contributed by atoms with van der Waals surface area (Å²) in [6.07, 6.45) is 4.33. The number of aliphatic hydroxyl groups excluding tert-OH is 1. The van der Waals surface area contributed by atoms with Crippen molar-refractivity contribution < 1.29 is 14.7 Å². The first-order valence-electron chi connectivity index (χ1n) is 12.9. The maximum Gasteiger partial charge on any atom is 0.274 e. The van der Waals surface area contributed by atoms with Crippen molar-refractivity contribution in [1.82, 2.24) is 14.5 Å². The number of carbonyl (C=O) groups excluding carboxylic acids is 2. The molecule has 1 atom stereocenters. The topological polar surface area (TPSA) is 105 Å². The van der Waals surface area contributed by atoms with Crippen LogP contribution in [0.5, 0.6) is 0 Å². The number of aryl methyl sites for hydroxylation is 1. The Morgan fingerprint density at radius 1 is 1.22 bits per heavy atom. The highest BCUT2D eigenvalue weighted by Gasteiger charge is 2.39. The molecule has 8 nitrogen and oxygen atoms in total. The largest absolute Gasteiger partial charge is 0.392 e. The molecule has 4 heterocycles. The average Bonchev–Trinajstić information content (AvgIpc) is 3.59. The van der Waals surface area contributed by atoms with Crippen LogP contribution in [0.25, 0.3) is 11.1 Å². The first-order chi connectivity index (χ1) is 17.7. The highest BCUT2D eigenvalue weighted by molar-refractivity contribution is 6.02. The van der Waals surface area contributed by atoms with Crippen LogP contribution in [0.1, 0.15) is 65.6 Å². The Kier molecular flexibility index (Phi) is 5.51. The lowest BCUT2D eigenvalue weighted by molar-refractivity contribution is -0.117. The molecule has 6 rings (SSSR count). The Morgan fingerprint density at radius 3 is 2.73 bits per heavy atom. The van der Waals surface area contributed by atoms with E-state index in [0.29, 0.717) is 17.7 Å². The molecule has 37 heavy (non-hydrogen) atoms. The number of hydrogen-bond donors (Lipinski definition) is 3. The summed E-state index contributed by atoms with van der Waals surface area (Å²) in [6.45, 7) is 5.57. The minimum atomic E-state index is -0.584. The number of amides is 1. The molecular formula is C29H32N4O4. The Labute approximate surface area is 215 Å². The minimum Gasteiger partial charge on any atom is -0.392 e. The standard InChI is InChI=1S/C29H32N4O4/c1-29(2)11-19-9-17-12-30-24(26(35)25(17)33(19)15-29)21-6-4-5-20(22(21)14-34)18-10-23(28(37)32(3)13-18)31-27(36)16-7-8-16/h4-6,9-10,13,16,24,30,34H,7-8,11-12,14-15H2,1-3H3,(H,31,36). The van der Waals surface area contributed by atoms with Gasteiger partial charge in [0.1, 0.15) is 5.69 Å². The Morgan fingerprint density at radius 2 is 2.00 bits per heavy atom. The number of anilines is 1. The number of rotatable bonds is 5. The van der Waals surface area contributed by atoms with E-state index in [1.165, 1.54) is 10.3 Å². The lowest BCUT2D eigenvalue weighted by Gasteiger charge is -2.28.